The van der Waals surface area contributed by atoms with Crippen LogP contribution in [-0.2, 0) is 27.5 Å². The van der Waals surface area contributed by atoms with Gasteiger partial charge in [-0.3, -0.25) is 4.79 Å². The van der Waals surface area contributed by atoms with E-state index in [2.05, 4.69) is 5.32 Å². The van der Waals surface area contributed by atoms with Crippen LogP contribution < -0.4 is 10.0 Å². The van der Waals surface area contributed by atoms with E-state index >= 15 is 0 Å². The summed E-state index contributed by atoms with van der Waals surface area (Å²) in [4.78, 5) is 11.1. The summed E-state index contributed by atoms with van der Waals surface area (Å²) in [5, 5.41) is 2.53. The van der Waals surface area contributed by atoms with Gasteiger partial charge < -0.3 is 5.32 Å². The van der Waals surface area contributed by atoms with Crippen LogP contribution in [0.2, 0.25) is 0 Å². The second-order valence-electron chi connectivity index (χ2n) is 5.54. The average Bonchev–Trinajstić information content (AvgIpc) is 2.59. The molecule has 0 bridgehead atoms. The zero-order chi connectivity index (χ0) is 19.4. The fourth-order valence-electron chi connectivity index (χ4n) is 2.22. The number of sulfonamides is 1. The summed E-state index contributed by atoms with van der Waals surface area (Å²) in [6, 6.07) is 11.5. The molecule has 0 aromatic heterocycles. The smallest absolute Gasteiger partial charge is 0.351 e. The minimum absolute atomic E-state index is 0.172. The molecule has 26 heavy (non-hydrogen) atoms. The van der Waals surface area contributed by atoms with Gasteiger partial charge in [-0.25, -0.2) is 8.42 Å². The molecule has 140 valence electrons. The van der Waals surface area contributed by atoms with E-state index in [9.17, 15) is 26.4 Å². The highest BCUT2D eigenvalue weighted by atomic mass is 32.2. The Morgan fingerprint density at radius 2 is 1.62 bits per heavy atom. The molecule has 5 nitrogen and oxygen atoms in total. The van der Waals surface area contributed by atoms with Gasteiger partial charge in [-0.15, -0.1) is 0 Å². The summed E-state index contributed by atoms with van der Waals surface area (Å²) in [6.45, 7) is 1.43. The lowest BCUT2D eigenvalue weighted by atomic mass is 10.2. The van der Waals surface area contributed by atoms with Gasteiger partial charge in [0, 0.05) is 6.54 Å². The lowest BCUT2D eigenvalue weighted by Crippen LogP contribution is -2.44. The van der Waals surface area contributed by atoms with Gasteiger partial charge in [0.05, 0.1) is 16.5 Å². The van der Waals surface area contributed by atoms with Crippen molar-refractivity contribution in [1.82, 2.24) is 10.0 Å². The third-order valence-electron chi connectivity index (χ3n) is 3.52. The number of alkyl halides is 3. The van der Waals surface area contributed by atoms with Gasteiger partial charge in [0.25, 0.3) is 0 Å². The Morgan fingerprint density at radius 1 is 1.04 bits per heavy atom. The molecule has 2 rings (SSSR count). The quantitative estimate of drug-likeness (QED) is 0.802. The van der Waals surface area contributed by atoms with Crippen molar-refractivity contribution >= 4 is 15.9 Å². The third-order valence-corrected chi connectivity index (χ3v) is 5.12. The molecule has 0 aliphatic carbocycles. The monoisotopic (exact) mass is 386 g/mol. The Labute approximate surface area is 149 Å². The fraction of sp³-hybridized carbons (Fsp3) is 0.235. The van der Waals surface area contributed by atoms with E-state index in [1.54, 1.807) is 30.3 Å². The summed E-state index contributed by atoms with van der Waals surface area (Å²) in [5.74, 6) is -0.651. The Morgan fingerprint density at radius 3 is 2.23 bits per heavy atom. The molecule has 1 atom stereocenters. The topological polar surface area (TPSA) is 75.3 Å². The number of amides is 1. The van der Waals surface area contributed by atoms with Crippen LogP contribution >= 0.6 is 0 Å². The molecule has 2 aromatic rings. The minimum Gasteiger partial charge on any atom is -0.351 e. The Kier molecular flexibility index (Phi) is 6.04. The molecule has 0 aliphatic rings. The van der Waals surface area contributed by atoms with Crippen molar-refractivity contribution < 1.29 is 26.4 Å². The maximum Gasteiger partial charge on any atom is 0.417 e. The number of carbonyl (C=O) groups excluding carboxylic acids is 1. The van der Waals surface area contributed by atoms with E-state index in [4.69, 9.17) is 0 Å². The van der Waals surface area contributed by atoms with E-state index < -0.39 is 38.6 Å². The van der Waals surface area contributed by atoms with Gasteiger partial charge in [0.2, 0.25) is 15.9 Å². The number of nitrogens with one attached hydrogen (secondary N) is 2. The number of benzene rings is 2. The molecular weight excluding hydrogens is 369 g/mol. The number of hydrogen-bond donors (Lipinski definition) is 2. The summed E-state index contributed by atoms with van der Waals surface area (Å²) in [5.41, 5.74) is -0.484. The molecule has 2 N–H and O–H groups in total. The maximum absolute atomic E-state index is 13.0. The van der Waals surface area contributed by atoms with Crippen LogP contribution in [0.3, 0.4) is 0 Å². The van der Waals surface area contributed by atoms with Crippen molar-refractivity contribution in [1.29, 1.82) is 0 Å². The van der Waals surface area contributed by atoms with E-state index in [-0.39, 0.29) is 6.54 Å². The number of carbonyl (C=O) groups is 1. The van der Waals surface area contributed by atoms with Crippen molar-refractivity contribution in [3.8, 4) is 0 Å². The number of hydrogen-bond acceptors (Lipinski definition) is 3. The molecule has 1 unspecified atom stereocenters. The van der Waals surface area contributed by atoms with Crippen molar-refractivity contribution in [3.05, 3.63) is 65.7 Å². The van der Waals surface area contributed by atoms with Gasteiger partial charge in [-0.1, -0.05) is 42.5 Å². The highest BCUT2D eigenvalue weighted by Crippen LogP contribution is 2.33. The molecule has 0 radical (unpaired) electrons. The lowest BCUT2D eigenvalue weighted by Gasteiger charge is -2.17. The largest absolute Gasteiger partial charge is 0.417 e. The minimum atomic E-state index is -4.83. The summed E-state index contributed by atoms with van der Waals surface area (Å²) in [6.07, 6.45) is -4.83. The lowest BCUT2D eigenvalue weighted by molar-refractivity contribution is -0.139. The normalized spacial score (nSPS) is 13.2. The molecule has 0 saturated carbocycles. The Balaban J connectivity index is 2.10. The highest BCUT2D eigenvalue weighted by molar-refractivity contribution is 7.89. The summed E-state index contributed by atoms with van der Waals surface area (Å²) in [7, 11) is -4.53. The molecule has 1 amide bonds. The summed E-state index contributed by atoms with van der Waals surface area (Å²) < 4.78 is 65.6. The Hall–Kier alpha value is -2.39. The van der Waals surface area contributed by atoms with E-state index in [1.807, 2.05) is 4.72 Å². The van der Waals surface area contributed by atoms with Crippen molar-refractivity contribution in [2.45, 2.75) is 30.6 Å². The molecule has 0 saturated heterocycles. The van der Waals surface area contributed by atoms with Crippen LogP contribution in [0.5, 0.6) is 0 Å². The highest BCUT2D eigenvalue weighted by Gasteiger charge is 2.37. The van der Waals surface area contributed by atoms with Gasteiger partial charge >= 0.3 is 6.18 Å². The maximum atomic E-state index is 13.0. The predicted octanol–water partition coefficient (Wildman–Crippen LogP) is 2.69. The second kappa shape index (κ2) is 7.88. The van der Waals surface area contributed by atoms with Gasteiger partial charge in [-0.05, 0) is 24.6 Å². The van der Waals surface area contributed by atoms with Crippen LogP contribution in [0.25, 0.3) is 0 Å². The standard InChI is InChI=1S/C17H17F3N2O3S/c1-12(16(23)21-11-13-7-3-2-4-8-13)22-26(24,25)15-10-6-5-9-14(15)17(18,19)20/h2-10,12,22H,11H2,1H3,(H,21,23). The number of halogens is 3. The van der Waals surface area contributed by atoms with Crippen LogP contribution in [0.1, 0.15) is 18.1 Å². The van der Waals surface area contributed by atoms with Crippen LogP contribution in [0, 0.1) is 0 Å². The van der Waals surface area contributed by atoms with Crippen LogP contribution in [0.4, 0.5) is 13.2 Å². The SMILES string of the molecule is CC(NS(=O)(=O)c1ccccc1C(F)(F)F)C(=O)NCc1ccccc1. The third kappa shape index (κ3) is 5.06. The molecular formula is C17H17F3N2O3S. The molecule has 0 fully saturated rings. The van der Waals surface area contributed by atoms with Crippen molar-refractivity contribution in [2.24, 2.45) is 0 Å². The van der Waals surface area contributed by atoms with E-state index in [1.165, 1.54) is 13.0 Å². The first-order valence-corrected chi connectivity index (χ1v) is 9.10. The van der Waals surface area contributed by atoms with E-state index in [0.29, 0.717) is 6.07 Å². The Bertz CT molecular complexity index is 868. The first-order chi connectivity index (χ1) is 12.1. The van der Waals surface area contributed by atoms with Gasteiger partial charge in [0.1, 0.15) is 0 Å². The molecule has 0 heterocycles. The first-order valence-electron chi connectivity index (χ1n) is 7.61. The fourth-order valence-corrected chi connectivity index (χ4v) is 3.65. The zero-order valence-electron chi connectivity index (χ0n) is 13.7. The zero-order valence-corrected chi connectivity index (χ0v) is 14.6. The summed E-state index contributed by atoms with van der Waals surface area (Å²) >= 11 is 0. The predicted molar refractivity (Wildman–Crippen MR) is 89.5 cm³/mol. The number of rotatable bonds is 6. The molecule has 0 aliphatic heterocycles. The molecule has 2 aromatic carbocycles. The van der Waals surface area contributed by atoms with Crippen molar-refractivity contribution in [2.75, 3.05) is 0 Å². The van der Waals surface area contributed by atoms with Crippen molar-refractivity contribution in [3.63, 3.8) is 0 Å². The first kappa shape index (κ1) is 19.9. The van der Waals surface area contributed by atoms with Crippen LogP contribution in [-0.4, -0.2) is 20.4 Å². The van der Waals surface area contributed by atoms with Crippen LogP contribution in [0.15, 0.2) is 59.5 Å². The molecule has 9 heteroatoms. The average molecular weight is 386 g/mol. The van der Waals surface area contributed by atoms with E-state index in [0.717, 1.165) is 17.7 Å². The molecule has 0 spiro atoms. The van der Waals surface area contributed by atoms with Gasteiger partial charge in [-0.2, -0.15) is 17.9 Å². The van der Waals surface area contributed by atoms with Gasteiger partial charge in [0.15, 0.2) is 0 Å². The second-order valence-corrected chi connectivity index (χ2v) is 7.22.